The molecule has 0 unspecified atom stereocenters. The van der Waals surface area contributed by atoms with Crippen LogP contribution in [0.1, 0.15) is 76.5 Å². The van der Waals surface area contributed by atoms with Crippen LogP contribution in [0.3, 0.4) is 0 Å². The van der Waals surface area contributed by atoms with E-state index >= 15 is 0 Å². The molecule has 3 aliphatic carbocycles. The van der Waals surface area contributed by atoms with Crippen molar-refractivity contribution in [3.63, 3.8) is 0 Å². The standard InChI is InChI=1S/C15H19FN4.C10H17NO/c1-15(2)5-4-10-11(8-15)19-20-14(10)9-6-12(16)18-13(7-9)17-3;12-10(11-9-6-7-9)8-4-2-1-3-5-8/h6-7H,4-5,8H2,1-3H3,(H,17,18)(H,19,20);8-9H,1-7H2,(H,11,12). The largest absolute Gasteiger partial charge is 0.373 e. The van der Waals surface area contributed by atoms with Crippen LogP contribution in [-0.2, 0) is 17.6 Å². The molecule has 5 rings (SSSR count). The number of nitrogens with one attached hydrogen (secondary N) is 3. The Hall–Kier alpha value is -2.44. The monoisotopic (exact) mass is 441 g/mol. The number of amides is 1. The summed E-state index contributed by atoms with van der Waals surface area (Å²) in [6, 6.07) is 3.82. The summed E-state index contributed by atoms with van der Waals surface area (Å²) in [6.07, 6.45) is 11.6. The third-order valence-electron chi connectivity index (χ3n) is 6.88. The molecule has 0 aliphatic heterocycles. The number of nitrogens with zero attached hydrogens (tertiary/aromatic N) is 2. The van der Waals surface area contributed by atoms with Crippen LogP contribution >= 0.6 is 0 Å². The maximum atomic E-state index is 13.6. The minimum Gasteiger partial charge on any atom is -0.373 e. The molecular formula is C25H36FN5O. The van der Waals surface area contributed by atoms with Gasteiger partial charge in [0.2, 0.25) is 11.9 Å². The van der Waals surface area contributed by atoms with E-state index in [9.17, 15) is 9.18 Å². The van der Waals surface area contributed by atoms with E-state index in [2.05, 4.69) is 39.7 Å². The summed E-state index contributed by atoms with van der Waals surface area (Å²) in [7, 11) is 1.73. The van der Waals surface area contributed by atoms with Crippen LogP contribution < -0.4 is 10.6 Å². The topological polar surface area (TPSA) is 82.7 Å². The van der Waals surface area contributed by atoms with Gasteiger partial charge in [0, 0.05) is 41.9 Å². The van der Waals surface area contributed by atoms with Gasteiger partial charge in [0.05, 0.1) is 5.69 Å². The molecule has 1 amide bonds. The molecule has 2 fully saturated rings. The van der Waals surface area contributed by atoms with Crippen molar-refractivity contribution in [2.24, 2.45) is 11.3 Å². The number of H-pyrrole nitrogens is 1. The molecule has 2 heterocycles. The average molecular weight is 442 g/mol. The van der Waals surface area contributed by atoms with Crippen molar-refractivity contribution in [1.29, 1.82) is 0 Å². The summed E-state index contributed by atoms with van der Waals surface area (Å²) in [5.74, 6) is 0.712. The van der Waals surface area contributed by atoms with Crippen molar-refractivity contribution in [2.45, 2.75) is 84.1 Å². The Morgan fingerprint density at radius 1 is 1.16 bits per heavy atom. The van der Waals surface area contributed by atoms with Gasteiger partial charge in [-0.15, -0.1) is 0 Å². The number of carbonyl (C=O) groups excluding carboxylic acids is 1. The fourth-order valence-electron chi connectivity index (χ4n) is 4.76. The fraction of sp³-hybridized carbons (Fsp3) is 0.640. The van der Waals surface area contributed by atoms with Crippen LogP contribution in [0, 0.1) is 17.3 Å². The number of anilines is 1. The molecular weight excluding hydrogens is 405 g/mol. The quantitative estimate of drug-likeness (QED) is 0.582. The Balaban J connectivity index is 0.000000174. The Morgan fingerprint density at radius 3 is 2.59 bits per heavy atom. The zero-order valence-electron chi connectivity index (χ0n) is 19.6. The predicted octanol–water partition coefficient (Wildman–Crippen LogP) is 5.01. The van der Waals surface area contributed by atoms with E-state index in [-0.39, 0.29) is 0 Å². The zero-order chi connectivity index (χ0) is 22.7. The molecule has 0 aromatic carbocycles. The molecule has 32 heavy (non-hydrogen) atoms. The molecule has 0 spiro atoms. The first-order valence-electron chi connectivity index (χ1n) is 12.1. The maximum Gasteiger partial charge on any atom is 0.223 e. The molecule has 0 bridgehead atoms. The van der Waals surface area contributed by atoms with Crippen molar-refractivity contribution in [1.82, 2.24) is 20.5 Å². The summed E-state index contributed by atoms with van der Waals surface area (Å²) in [4.78, 5) is 15.3. The summed E-state index contributed by atoms with van der Waals surface area (Å²) < 4.78 is 13.6. The van der Waals surface area contributed by atoms with Gasteiger partial charge in [-0.25, -0.2) is 4.98 Å². The third-order valence-corrected chi connectivity index (χ3v) is 6.88. The van der Waals surface area contributed by atoms with Crippen LogP contribution in [-0.4, -0.2) is 34.2 Å². The molecule has 2 aromatic heterocycles. The van der Waals surface area contributed by atoms with E-state index < -0.39 is 5.95 Å². The molecule has 174 valence electrons. The molecule has 0 atom stereocenters. The first-order chi connectivity index (χ1) is 15.3. The van der Waals surface area contributed by atoms with Gasteiger partial charge in [0.1, 0.15) is 5.82 Å². The zero-order valence-corrected chi connectivity index (χ0v) is 19.6. The predicted molar refractivity (Wildman–Crippen MR) is 125 cm³/mol. The molecule has 7 heteroatoms. The highest BCUT2D eigenvalue weighted by atomic mass is 19.1. The molecule has 2 saturated carbocycles. The SMILES string of the molecule is CNc1cc(-c2n[nH]c3c2CCC(C)(C)C3)cc(F)n1.O=C(NC1CC1)C1CCCCC1. The number of aromatic amines is 1. The fourth-order valence-corrected chi connectivity index (χ4v) is 4.76. The number of hydrogen-bond donors (Lipinski definition) is 3. The number of pyridine rings is 1. The molecule has 6 nitrogen and oxygen atoms in total. The van der Waals surface area contributed by atoms with E-state index in [1.165, 1.54) is 49.4 Å². The second kappa shape index (κ2) is 9.59. The number of aromatic nitrogens is 3. The van der Waals surface area contributed by atoms with Gasteiger partial charge in [0.25, 0.3) is 0 Å². The number of rotatable bonds is 4. The molecule has 3 N–H and O–H groups in total. The van der Waals surface area contributed by atoms with E-state index in [1.54, 1.807) is 7.05 Å². The van der Waals surface area contributed by atoms with Crippen molar-refractivity contribution >= 4 is 11.7 Å². The van der Waals surface area contributed by atoms with Gasteiger partial charge >= 0.3 is 0 Å². The van der Waals surface area contributed by atoms with E-state index in [1.807, 2.05) is 6.07 Å². The number of carbonyl (C=O) groups is 1. The molecule has 0 saturated heterocycles. The second-order valence-corrected chi connectivity index (χ2v) is 10.3. The first kappa shape index (κ1) is 22.7. The smallest absolute Gasteiger partial charge is 0.223 e. The molecule has 3 aliphatic rings. The Bertz CT molecular complexity index is 944. The van der Waals surface area contributed by atoms with Crippen molar-refractivity contribution in [3.8, 4) is 11.3 Å². The van der Waals surface area contributed by atoms with Gasteiger partial charge in [-0.05, 0) is 56.4 Å². The van der Waals surface area contributed by atoms with Crippen LogP contribution in [0.4, 0.5) is 10.2 Å². The highest BCUT2D eigenvalue weighted by Gasteiger charge is 2.29. The number of fused-ring (bicyclic) bond motifs is 1. The maximum absolute atomic E-state index is 13.6. The van der Waals surface area contributed by atoms with Gasteiger partial charge in [-0.3, -0.25) is 9.89 Å². The molecule has 0 radical (unpaired) electrons. The van der Waals surface area contributed by atoms with Crippen molar-refractivity contribution < 1.29 is 9.18 Å². The second-order valence-electron chi connectivity index (χ2n) is 10.3. The summed E-state index contributed by atoms with van der Waals surface area (Å²) >= 11 is 0. The lowest BCUT2D eigenvalue weighted by Gasteiger charge is -2.29. The summed E-state index contributed by atoms with van der Waals surface area (Å²) in [6.45, 7) is 4.53. The third kappa shape index (κ3) is 5.67. The van der Waals surface area contributed by atoms with Crippen LogP contribution in [0.15, 0.2) is 12.1 Å². The Labute approximate surface area is 190 Å². The lowest BCUT2D eigenvalue weighted by atomic mass is 9.76. The number of hydrogen-bond acceptors (Lipinski definition) is 4. The van der Waals surface area contributed by atoms with Crippen LogP contribution in [0.5, 0.6) is 0 Å². The van der Waals surface area contributed by atoms with E-state index in [4.69, 9.17) is 0 Å². The highest BCUT2D eigenvalue weighted by molar-refractivity contribution is 5.79. The Morgan fingerprint density at radius 2 is 1.91 bits per heavy atom. The number of halogens is 1. The van der Waals surface area contributed by atoms with Crippen LogP contribution in [0.25, 0.3) is 11.3 Å². The van der Waals surface area contributed by atoms with Crippen LogP contribution in [0.2, 0.25) is 0 Å². The average Bonchev–Trinajstić information content (AvgIpc) is 3.50. The lowest BCUT2D eigenvalue weighted by Crippen LogP contribution is -2.33. The van der Waals surface area contributed by atoms with E-state index in [0.29, 0.717) is 29.1 Å². The summed E-state index contributed by atoms with van der Waals surface area (Å²) in [5, 5.41) is 13.5. The van der Waals surface area contributed by atoms with Crippen molar-refractivity contribution in [2.75, 3.05) is 12.4 Å². The van der Waals surface area contributed by atoms with Gasteiger partial charge in [0.15, 0.2) is 0 Å². The van der Waals surface area contributed by atoms with Gasteiger partial charge in [-0.1, -0.05) is 33.1 Å². The summed E-state index contributed by atoms with van der Waals surface area (Å²) in [5.41, 5.74) is 4.33. The lowest BCUT2D eigenvalue weighted by molar-refractivity contribution is -0.126. The minimum atomic E-state index is -0.486. The minimum absolute atomic E-state index is 0.302. The van der Waals surface area contributed by atoms with Gasteiger partial charge in [-0.2, -0.15) is 9.49 Å². The van der Waals surface area contributed by atoms with E-state index in [0.717, 1.165) is 43.4 Å². The Kier molecular flexibility index (Phi) is 6.82. The molecule has 2 aromatic rings. The highest BCUT2D eigenvalue weighted by Crippen LogP contribution is 2.38. The first-order valence-corrected chi connectivity index (χ1v) is 12.1. The van der Waals surface area contributed by atoms with Crippen molar-refractivity contribution in [3.05, 3.63) is 29.3 Å². The normalized spacial score (nSPS) is 20.0. The van der Waals surface area contributed by atoms with Gasteiger partial charge < -0.3 is 10.6 Å².